The third kappa shape index (κ3) is 2.76. The van der Waals surface area contributed by atoms with E-state index in [1.165, 1.54) is 38.9 Å². The fraction of sp³-hybridized carbons (Fsp3) is 1.00. The van der Waals surface area contributed by atoms with Crippen LogP contribution in [0.4, 0.5) is 0 Å². The fourth-order valence-corrected chi connectivity index (χ4v) is 3.07. The van der Waals surface area contributed by atoms with E-state index in [0.29, 0.717) is 12.1 Å². The minimum absolute atomic E-state index is 0.359. The lowest BCUT2D eigenvalue weighted by atomic mass is 9.97. The Balaban J connectivity index is 1.90. The average molecular weight is 226 g/mol. The summed E-state index contributed by atoms with van der Waals surface area (Å²) in [5.41, 5.74) is 0. The van der Waals surface area contributed by atoms with Crippen molar-refractivity contribution in [2.45, 2.75) is 51.3 Å². The second kappa shape index (κ2) is 5.48. The predicted molar refractivity (Wildman–Crippen MR) is 66.7 cm³/mol. The molecule has 0 saturated carbocycles. The molecule has 0 radical (unpaired) electrons. The molecule has 0 aliphatic carbocycles. The maximum absolute atomic E-state index is 5.38. The van der Waals surface area contributed by atoms with Gasteiger partial charge in [0.2, 0.25) is 0 Å². The third-order valence-corrected chi connectivity index (χ3v) is 4.21. The molecule has 2 saturated heterocycles. The van der Waals surface area contributed by atoms with Crippen LogP contribution in [-0.4, -0.2) is 61.3 Å². The number of nitrogens with zero attached hydrogens (tertiary/aromatic N) is 2. The number of hydrogen-bond acceptors (Lipinski definition) is 3. The summed E-state index contributed by atoms with van der Waals surface area (Å²) in [7, 11) is 1.81. The first kappa shape index (κ1) is 12.3. The predicted octanol–water partition coefficient (Wildman–Crippen LogP) is 1.58. The number of ether oxygens (including phenoxy) is 1. The molecule has 0 spiro atoms. The SMILES string of the molecule is COC(C)CN1CC2CCCCN2CC1C. The van der Waals surface area contributed by atoms with Crippen LogP contribution in [0.15, 0.2) is 0 Å². The quantitative estimate of drug-likeness (QED) is 0.726. The summed E-state index contributed by atoms with van der Waals surface area (Å²) in [5, 5.41) is 0. The van der Waals surface area contributed by atoms with E-state index in [9.17, 15) is 0 Å². The van der Waals surface area contributed by atoms with Crippen molar-refractivity contribution in [1.29, 1.82) is 0 Å². The first-order valence-corrected chi connectivity index (χ1v) is 6.71. The van der Waals surface area contributed by atoms with Gasteiger partial charge in [0.25, 0.3) is 0 Å². The van der Waals surface area contributed by atoms with Crippen LogP contribution in [0, 0.1) is 0 Å². The van der Waals surface area contributed by atoms with Crippen molar-refractivity contribution in [3.63, 3.8) is 0 Å². The van der Waals surface area contributed by atoms with Crippen molar-refractivity contribution < 1.29 is 4.74 Å². The first-order chi connectivity index (χ1) is 7.70. The Morgan fingerprint density at radius 3 is 2.88 bits per heavy atom. The van der Waals surface area contributed by atoms with Gasteiger partial charge in [-0.15, -0.1) is 0 Å². The standard InChI is InChI=1S/C13H26N2O/c1-11-8-14-7-5-4-6-13(14)10-15(11)9-12(2)16-3/h11-13H,4-10H2,1-3H3. The molecule has 2 heterocycles. The van der Waals surface area contributed by atoms with Crippen molar-refractivity contribution in [2.75, 3.05) is 33.3 Å². The molecule has 0 N–H and O–H groups in total. The van der Waals surface area contributed by atoms with Gasteiger partial charge in [-0.25, -0.2) is 0 Å². The van der Waals surface area contributed by atoms with E-state index in [4.69, 9.17) is 4.74 Å². The lowest BCUT2D eigenvalue weighted by Gasteiger charge is -2.48. The second-order valence-corrected chi connectivity index (χ2v) is 5.49. The minimum Gasteiger partial charge on any atom is -0.380 e. The summed E-state index contributed by atoms with van der Waals surface area (Å²) >= 11 is 0. The van der Waals surface area contributed by atoms with Gasteiger partial charge in [-0.05, 0) is 33.2 Å². The van der Waals surface area contributed by atoms with Gasteiger partial charge in [0.05, 0.1) is 6.10 Å². The van der Waals surface area contributed by atoms with E-state index in [1.807, 2.05) is 7.11 Å². The molecule has 16 heavy (non-hydrogen) atoms. The highest BCUT2D eigenvalue weighted by Gasteiger charge is 2.33. The molecule has 3 nitrogen and oxygen atoms in total. The zero-order valence-electron chi connectivity index (χ0n) is 11.0. The summed E-state index contributed by atoms with van der Waals surface area (Å²) in [5.74, 6) is 0. The van der Waals surface area contributed by atoms with E-state index < -0.39 is 0 Å². The van der Waals surface area contributed by atoms with Crippen molar-refractivity contribution in [3.8, 4) is 0 Å². The van der Waals surface area contributed by atoms with E-state index in [1.54, 1.807) is 0 Å². The van der Waals surface area contributed by atoms with Crippen molar-refractivity contribution in [2.24, 2.45) is 0 Å². The Morgan fingerprint density at radius 1 is 1.31 bits per heavy atom. The Bertz CT molecular complexity index is 222. The monoisotopic (exact) mass is 226 g/mol. The largest absolute Gasteiger partial charge is 0.380 e. The molecule has 2 rings (SSSR count). The van der Waals surface area contributed by atoms with Crippen LogP contribution in [0.2, 0.25) is 0 Å². The Morgan fingerprint density at radius 2 is 2.12 bits per heavy atom. The highest BCUT2D eigenvalue weighted by Crippen LogP contribution is 2.24. The maximum atomic E-state index is 5.38. The van der Waals surface area contributed by atoms with Gasteiger partial charge in [-0.1, -0.05) is 6.42 Å². The number of piperidine rings is 1. The molecule has 2 fully saturated rings. The molecule has 2 aliphatic rings. The molecule has 3 atom stereocenters. The van der Waals surface area contributed by atoms with Crippen LogP contribution in [0.3, 0.4) is 0 Å². The first-order valence-electron chi connectivity index (χ1n) is 6.71. The molecule has 0 aromatic rings. The lowest BCUT2D eigenvalue weighted by Crippen LogP contribution is -2.59. The van der Waals surface area contributed by atoms with Crippen LogP contribution >= 0.6 is 0 Å². The smallest absolute Gasteiger partial charge is 0.0670 e. The molecular weight excluding hydrogens is 200 g/mol. The summed E-state index contributed by atoms with van der Waals surface area (Å²) in [4.78, 5) is 5.31. The summed E-state index contributed by atoms with van der Waals surface area (Å²) in [6, 6.07) is 1.50. The van der Waals surface area contributed by atoms with E-state index in [0.717, 1.165) is 12.6 Å². The van der Waals surface area contributed by atoms with Crippen LogP contribution in [0.5, 0.6) is 0 Å². The zero-order valence-corrected chi connectivity index (χ0v) is 11.0. The molecule has 2 aliphatic heterocycles. The van der Waals surface area contributed by atoms with Crippen molar-refractivity contribution in [3.05, 3.63) is 0 Å². The molecular formula is C13H26N2O. The topological polar surface area (TPSA) is 15.7 Å². The van der Waals surface area contributed by atoms with Crippen molar-refractivity contribution >= 4 is 0 Å². The highest BCUT2D eigenvalue weighted by atomic mass is 16.5. The summed E-state index contributed by atoms with van der Waals surface area (Å²) in [6.07, 6.45) is 4.57. The van der Waals surface area contributed by atoms with Crippen LogP contribution in [-0.2, 0) is 4.74 Å². The van der Waals surface area contributed by atoms with Crippen LogP contribution in [0.1, 0.15) is 33.1 Å². The normalized spacial score (nSPS) is 34.7. The minimum atomic E-state index is 0.359. The van der Waals surface area contributed by atoms with Crippen LogP contribution in [0.25, 0.3) is 0 Å². The number of rotatable bonds is 3. The third-order valence-electron chi connectivity index (χ3n) is 4.21. The highest BCUT2D eigenvalue weighted by molar-refractivity contribution is 4.89. The van der Waals surface area contributed by atoms with Gasteiger partial charge in [-0.2, -0.15) is 0 Å². The van der Waals surface area contributed by atoms with E-state index in [2.05, 4.69) is 23.6 Å². The molecule has 0 aromatic carbocycles. The molecule has 0 amide bonds. The average Bonchev–Trinajstić information content (AvgIpc) is 2.30. The van der Waals surface area contributed by atoms with Crippen molar-refractivity contribution in [1.82, 2.24) is 9.80 Å². The summed E-state index contributed by atoms with van der Waals surface area (Å²) < 4.78 is 5.38. The fourth-order valence-electron chi connectivity index (χ4n) is 3.07. The second-order valence-electron chi connectivity index (χ2n) is 5.49. The molecule has 3 heteroatoms. The van der Waals surface area contributed by atoms with Gasteiger partial charge in [-0.3, -0.25) is 9.80 Å². The number of hydrogen-bond donors (Lipinski definition) is 0. The number of fused-ring (bicyclic) bond motifs is 1. The Labute approximate surface area is 99.7 Å². The van der Waals surface area contributed by atoms with Gasteiger partial charge in [0, 0.05) is 38.8 Å². The lowest BCUT2D eigenvalue weighted by molar-refractivity contribution is -0.0126. The van der Waals surface area contributed by atoms with Gasteiger partial charge in [0.15, 0.2) is 0 Å². The maximum Gasteiger partial charge on any atom is 0.0670 e. The summed E-state index contributed by atoms with van der Waals surface area (Å²) in [6.45, 7) is 9.42. The molecule has 94 valence electrons. The van der Waals surface area contributed by atoms with E-state index >= 15 is 0 Å². The number of methoxy groups -OCH3 is 1. The van der Waals surface area contributed by atoms with Crippen LogP contribution < -0.4 is 0 Å². The van der Waals surface area contributed by atoms with Gasteiger partial charge in [0.1, 0.15) is 0 Å². The van der Waals surface area contributed by atoms with E-state index in [-0.39, 0.29) is 0 Å². The molecule has 0 bridgehead atoms. The Hall–Kier alpha value is -0.120. The zero-order chi connectivity index (χ0) is 11.5. The number of piperazine rings is 1. The van der Waals surface area contributed by atoms with Gasteiger partial charge >= 0.3 is 0 Å². The van der Waals surface area contributed by atoms with Gasteiger partial charge < -0.3 is 4.74 Å². The molecule has 0 aromatic heterocycles. The molecule has 3 unspecified atom stereocenters. The Kier molecular flexibility index (Phi) is 4.22.